The van der Waals surface area contributed by atoms with Crippen LogP contribution in [0.5, 0.6) is 0 Å². The van der Waals surface area contributed by atoms with Gasteiger partial charge >= 0.3 is 12.1 Å². The van der Waals surface area contributed by atoms with Crippen LogP contribution in [0.15, 0.2) is 59.1 Å². The first-order valence-corrected chi connectivity index (χ1v) is 13.5. The Morgan fingerprint density at radius 1 is 1.15 bits per heavy atom. The maximum absolute atomic E-state index is 10.6. The molecule has 1 fully saturated rings. The molecule has 1 atom stereocenters. The Morgan fingerprint density at radius 2 is 1.88 bits per heavy atom. The molecule has 0 aromatic carbocycles. The predicted molar refractivity (Wildman–Crippen MR) is 144 cm³/mol. The fourth-order valence-corrected chi connectivity index (χ4v) is 5.95. The average Bonchev–Trinajstić information content (AvgIpc) is 3.67. The van der Waals surface area contributed by atoms with Gasteiger partial charge in [-0.3, -0.25) is 4.68 Å². The number of carbonyl (C=O) groups is 1. The molecule has 0 amide bonds. The second-order valence-corrected chi connectivity index (χ2v) is 10.9. The van der Waals surface area contributed by atoms with Gasteiger partial charge in [-0.15, -0.1) is 0 Å². The number of nitrogens with zero attached hydrogens (tertiary/aromatic N) is 8. The van der Waals surface area contributed by atoms with E-state index in [1.165, 1.54) is 11.8 Å². The number of aliphatic carboxylic acids is 1. The smallest absolute Gasteiger partial charge is 0.475 e. The number of aromatic nitrogens is 7. The molecule has 6 rings (SSSR count). The number of nitrogens with two attached hydrogens (primary N) is 2. The fraction of sp³-hybridized carbons (Fsp3) is 0.333. The van der Waals surface area contributed by atoms with Gasteiger partial charge in [0.15, 0.2) is 11.6 Å². The number of alkyl halides is 3. The van der Waals surface area contributed by atoms with Gasteiger partial charge in [-0.2, -0.15) is 23.4 Å². The van der Waals surface area contributed by atoms with Crippen LogP contribution in [0.3, 0.4) is 0 Å². The van der Waals surface area contributed by atoms with Gasteiger partial charge in [0.05, 0.1) is 23.0 Å². The molecule has 216 valence electrons. The summed E-state index contributed by atoms with van der Waals surface area (Å²) in [5.74, 6) is -1.06. The number of pyridine rings is 1. The summed E-state index contributed by atoms with van der Waals surface area (Å²) in [7, 11) is 0. The number of carboxylic acids is 1. The van der Waals surface area contributed by atoms with E-state index in [1.54, 1.807) is 29.5 Å². The van der Waals surface area contributed by atoms with E-state index in [0.29, 0.717) is 21.7 Å². The van der Waals surface area contributed by atoms with Gasteiger partial charge in [0.2, 0.25) is 0 Å². The van der Waals surface area contributed by atoms with Crippen LogP contribution in [-0.2, 0) is 11.3 Å². The summed E-state index contributed by atoms with van der Waals surface area (Å²) in [6.45, 7) is 2.58. The van der Waals surface area contributed by atoms with Crippen molar-refractivity contribution in [2.24, 2.45) is 11.1 Å². The molecule has 2 aliphatic heterocycles. The highest BCUT2D eigenvalue weighted by Gasteiger charge is 2.47. The third-order valence-corrected chi connectivity index (χ3v) is 8.59. The van der Waals surface area contributed by atoms with Gasteiger partial charge in [-0.25, -0.2) is 24.4 Å². The van der Waals surface area contributed by atoms with Crippen LogP contribution in [0.2, 0.25) is 5.02 Å². The monoisotopic (exact) mass is 608 g/mol. The maximum Gasteiger partial charge on any atom is 0.490 e. The van der Waals surface area contributed by atoms with Crippen LogP contribution >= 0.6 is 23.4 Å². The summed E-state index contributed by atoms with van der Waals surface area (Å²) < 4.78 is 35.4. The molecule has 0 bridgehead atoms. The number of rotatable bonds is 4. The van der Waals surface area contributed by atoms with Crippen molar-refractivity contribution in [1.29, 1.82) is 0 Å². The SMILES string of the molecule is Nc1nc(N2CCC3(CC2)Cn2nccc2[C@H]3N)cnc1Sc1ccnc(-n2cccn2)c1Cl.O=C(O)C(F)(F)F. The molecule has 17 heteroatoms. The summed E-state index contributed by atoms with van der Waals surface area (Å²) in [6.07, 6.45) is 5.62. The average molecular weight is 609 g/mol. The Labute approximate surface area is 240 Å². The fourth-order valence-electron chi connectivity index (χ4n) is 4.87. The van der Waals surface area contributed by atoms with E-state index in [9.17, 15) is 13.2 Å². The van der Waals surface area contributed by atoms with E-state index < -0.39 is 12.1 Å². The van der Waals surface area contributed by atoms with Crippen molar-refractivity contribution in [2.75, 3.05) is 23.7 Å². The number of anilines is 2. The first-order chi connectivity index (χ1) is 19.5. The molecule has 0 radical (unpaired) electrons. The Balaban J connectivity index is 0.000000431. The number of piperidine rings is 1. The third kappa shape index (κ3) is 5.80. The van der Waals surface area contributed by atoms with Crippen LogP contribution in [0, 0.1) is 5.41 Å². The second kappa shape index (κ2) is 11.2. The van der Waals surface area contributed by atoms with E-state index in [2.05, 4.69) is 30.0 Å². The van der Waals surface area contributed by atoms with E-state index in [4.69, 9.17) is 33.0 Å². The zero-order chi connectivity index (χ0) is 29.4. The highest BCUT2D eigenvalue weighted by molar-refractivity contribution is 7.99. The Hall–Kier alpha value is -3.89. The van der Waals surface area contributed by atoms with Crippen molar-refractivity contribution >= 4 is 41.0 Å². The van der Waals surface area contributed by atoms with Crippen LogP contribution in [-0.4, -0.2) is 64.9 Å². The van der Waals surface area contributed by atoms with Gasteiger partial charge in [0, 0.05) is 54.7 Å². The van der Waals surface area contributed by atoms with Crippen LogP contribution < -0.4 is 16.4 Å². The maximum atomic E-state index is 10.6. The molecule has 4 aromatic rings. The Morgan fingerprint density at radius 3 is 2.49 bits per heavy atom. The Kier molecular flexibility index (Phi) is 7.80. The first kappa shape index (κ1) is 28.6. The standard InChI is InChI=1S/C22H23ClN10S.C2HF3O2/c23-17-15(3-7-26-20(17)32-9-1-6-28-32)34-21-19(25)30-16(12-27-21)31-10-4-22(5-11-31)13-33-14(18(22)24)2-8-29-33;3-2(4,5)1(6)7/h1-3,6-9,12,18H,4-5,10-11,13,24H2,(H2,25,30);(H,6,7)/t18-;/m1./s1. The van der Waals surface area contributed by atoms with Crippen LogP contribution in [0.4, 0.5) is 24.8 Å². The highest BCUT2D eigenvalue weighted by Crippen LogP contribution is 2.48. The summed E-state index contributed by atoms with van der Waals surface area (Å²) in [6, 6.07) is 5.69. The van der Waals surface area contributed by atoms with Crippen molar-refractivity contribution in [3.05, 3.63) is 59.9 Å². The van der Waals surface area contributed by atoms with Gasteiger partial charge < -0.3 is 21.5 Å². The molecule has 6 heterocycles. The molecule has 0 aliphatic carbocycles. The minimum absolute atomic E-state index is 0.0174. The van der Waals surface area contributed by atoms with E-state index in [-0.39, 0.29) is 11.5 Å². The molecule has 1 spiro atoms. The van der Waals surface area contributed by atoms with Gasteiger partial charge in [-0.05, 0) is 31.0 Å². The van der Waals surface area contributed by atoms with E-state index >= 15 is 0 Å². The van der Waals surface area contributed by atoms with E-state index in [0.717, 1.165) is 48.9 Å². The lowest BCUT2D eigenvalue weighted by Crippen LogP contribution is -2.45. The summed E-state index contributed by atoms with van der Waals surface area (Å²) >= 11 is 7.95. The molecular formula is C24H24ClF3N10O2S. The molecule has 41 heavy (non-hydrogen) atoms. The van der Waals surface area contributed by atoms with Gasteiger partial charge in [0.25, 0.3) is 0 Å². The second-order valence-electron chi connectivity index (χ2n) is 9.46. The van der Waals surface area contributed by atoms with Gasteiger partial charge in [0.1, 0.15) is 10.8 Å². The lowest BCUT2D eigenvalue weighted by Gasteiger charge is -2.41. The number of hydrogen-bond acceptors (Lipinski definition) is 10. The number of halogens is 4. The summed E-state index contributed by atoms with van der Waals surface area (Å²) in [4.78, 5) is 25.5. The van der Waals surface area contributed by atoms with Gasteiger partial charge in [-0.1, -0.05) is 23.4 Å². The molecule has 5 N–H and O–H groups in total. The summed E-state index contributed by atoms with van der Waals surface area (Å²) in [5.41, 5.74) is 14.1. The minimum atomic E-state index is -5.08. The predicted octanol–water partition coefficient (Wildman–Crippen LogP) is 3.57. The number of nitrogen functional groups attached to an aromatic ring is 1. The van der Waals surface area contributed by atoms with E-state index in [1.807, 2.05) is 29.1 Å². The van der Waals surface area contributed by atoms with Crippen LogP contribution in [0.1, 0.15) is 24.6 Å². The lowest BCUT2D eigenvalue weighted by atomic mass is 9.73. The molecular weight excluding hydrogens is 585 g/mol. The first-order valence-electron chi connectivity index (χ1n) is 12.3. The van der Waals surface area contributed by atoms with Crippen LogP contribution in [0.25, 0.3) is 5.82 Å². The van der Waals surface area contributed by atoms with Crippen molar-refractivity contribution in [2.45, 2.75) is 41.5 Å². The number of hydrogen-bond donors (Lipinski definition) is 3. The molecule has 2 aliphatic rings. The molecule has 0 saturated carbocycles. The lowest BCUT2D eigenvalue weighted by molar-refractivity contribution is -0.192. The normalized spacial score (nSPS) is 17.7. The number of fused-ring (bicyclic) bond motifs is 1. The zero-order valence-electron chi connectivity index (χ0n) is 21.2. The zero-order valence-corrected chi connectivity index (χ0v) is 22.8. The topological polar surface area (TPSA) is 167 Å². The van der Waals surface area contributed by atoms with Crippen molar-refractivity contribution in [1.82, 2.24) is 34.5 Å². The third-order valence-electron chi connectivity index (χ3n) is 7.03. The highest BCUT2D eigenvalue weighted by atomic mass is 35.5. The molecule has 0 unspecified atom stereocenters. The Bertz CT molecular complexity index is 1540. The molecule has 4 aromatic heterocycles. The largest absolute Gasteiger partial charge is 0.490 e. The molecule has 1 saturated heterocycles. The number of carboxylic acid groups (broad SMARTS) is 1. The minimum Gasteiger partial charge on any atom is -0.475 e. The van der Waals surface area contributed by atoms with Crippen molar-refractivity contribution < 1.29 is 23.1 Å². The van der Waals surface area contributed by atoms with Crippen molar-refractivity contribution in [3.8, 4) is 5.82 Å². The van der Waals surface area contributed by atoms with Crippen molar-refractivity contribution in [3.63, 3.8) is 0 Å². The summed E-state index contributed by atoms with van der Waals surface area (Å²) in [5, 5.41) is 16.8. The quantitative estimate of drug-likeness (QED) is 0.310. The molecule has 12 nitrogen and oxygen atoms in total.